The van der Waals surface area contributed by atoms with Gasteiger partial charge < -0.3 is 4.57 Å². The zero-order valence-corrected chi connectivity index (χ0v) is 8.62. The van der Waals surface area contributed by atoms with Crippen molar-refractivity contribution in [3.05, 3.63) is 29.8 Å². The Hall–Kier alpha value is -1.71. The summed E-state index contributed by atoms with van der Waals surface area (Å²) in [6.07, 6.45) is 1.54. The number of aryl methyl sites for hydroxylation is 1. The molecule has 0 spiro atoms. The highest BCUT2D eigenvalue weighted by atomic mass is 19.1. The molecule has 2 aromatic rings. The Morgan fingerprint density at radius 3 is 2.93 bits per heavy atom. The van der Waals surface area contributed by atoms with Crippen molar-refractivity contribution < 1.29 is 9.18 Å². The van der Waals surface area contributed by atoms with Gasteiger partial charge in [-0.15, -0.1) is 0 Å². The van der Waals surface area contributed by atoms with Crippen LogP contribution in [0.5, 0.6) is 0 Å². The van der Waals surface area contributed by atoms with Crippen LogP contribution in [0.15, 0.2) is 18.3 Å². The number of nitrogens with zero attached hydrogens (tertiary/aromatic N) is 2. The number of rotatable bonds is 2. The summed E-state index contributed by atoms with van der Waals surface area (Å²) >= 11 is 0. The lowest BCUT2D eigenvalue weighted by Gasteiger charge is -2.00. The van der Waals surface area contributed by atoms with E-state index in [0.717, 1.165) is 11.1 Å². The first-order chi connectivity index (χ1) is 7.08. The van der Waals surface area contributed by atoms with E-state index in [9.17, 15) is 9.18 Å². The van der Waals surface area contributed by atoms with Crippen LogP contribution in [0.25, 0.3) is 11.0 Å². The smallest absolute Gasteiger partial charge is 0.142 e. The lowest BCUT2D eigenvalue weighted by Crippen LogP contribution is -2.02. The van der Waals surface area contributed by atoms with Crippen LogP contribution in [0.4, 0.5) is 4.39 Å². The molecule has 15 heavy (non-hydrogen) atoms. The summed E-state index contributed by atoms with van der Waals surface area (Å²) in [7, 11) is 1.82. The van der Waals surface area contributed by atoms with E-state index in [1.54, 1.807) is 6.07 Å². The van der Waals surface area contributed by atoms with Crippen molar-refractivity contribution in [1.82, 2.24) is 9.55 Å². The van der Waals surface area contributed by atoms with Crippen LogP contribution in [0, 0.1) is 5.82 Å². The molecule has 0 saturated heterocycles. The Kier molecular flexibility index (Phi) is 2.26. The van der Waals surface area contributed by atoms with Gasteiger partial charge in [-0.3, -0.25) is 4.79 Å². The van der Waals surface area contributed by atoms with Crippen LogP contribution in [-0.2, 0) is 18.3 Å². The molecule has 0 fully saturated rings. The minimum absolute atomic E-state index is 0.0846. The molecule has 2 heterocycles. The largest absolute Gasteiger partial charge is 0.332 e. The van der Waals surface area contributed by atoms with Crippen LogP contribution in [0.1, 0.15) is 12.6 Å². The van der Waals surface area contributed by atoms with E-state index in [4.69, 9.17) is 0 Å². The molecule has 0 saturated carbocycles. The van der Waals surface area contributed by atoms with Crippen molar-refractivity contribution in [1.29, 1.82) is 0 Å². The molecule has 0 aromatic carbocycles. The monoisotopic (exact) mass is 206 g/mol. The number of ketones is 1. The number of aromatic nitrogens is 2. The van der Waals surface area contributed by atoms with E-state index in [1.807, 2.05) is 11.6 Å². The average molecular weight is 206 g/mol. The van der Waals surface area contributed by atoms with Gasteiger partial charge >= 0.3 is 0 Å². The van der Waals surface area contributed by atoms with E-state index >= 15 is 0 Å². The first-order valence-corrected chi connectivity index (χ1v) is 4.67. The fourth-order valence-corrected chi connectivity index (χ4v) is 1.67. The number of fused-ring (bicyclic) bond motifs is 1. The first kappa shape index (κ1) is 9.83. The lowest BCUT2D eigenvalue weighted by atomic mass is 10.2. The molecule has 0 atom stereocenters. The van der Waals surface area contributed by atoms with Crippen molar-refractivity contribution in [2.75, 3.05) is 0 Å². The summed E-state index contributed by atoms with van der Waals surface area (Å²) in [5.41, 5.74) is 1.56. The molecule has 0 aliphatic heterocycles. The van der Waals surface area contributed by atoms with Crippen molar-refractivity contribution >= 4 is 16.8 Å². The molecule has 2 rings (SSSR count). The van der Waals surface area contributed by atoms with Gasteiger partial charge in [-0.2, -0.15) is 0 Å². The number of carbonyl (C=O) groups is 1. The number of hydrogen-bond acceptors (Lipinski definition) is 2. The second-order valence-electron chi connectivity index (χ2n) is 3.64. The molecule has 0 aliphatic carbocycles. The van der Waals surface area contributed by atoms with Gasteiger partial charge in [0.15, 0.2) is 0 Å². The first-order valence-electron chi connectivity index (χ1n) is 4.67. The third-order valence-corrected chi connectivity index (χ3v) is 2.36. The molecule has 0 radical (unpaired) electrons. The molecular weight excluding hydrogens is 195 g/mol. The Morgan fingerprint density at radius 1 is 1.53 bits per heavy atom. The summed E-state index contributed by atoms with van der Waals surface area (Å²) < 4.78 is 14.7. The highest BCUT2D eigenvalue weighted by Gasteiger charge is 2.08. The molecule has 0 unspecified atom stereocenters. The molecule has 0 aliphatic rings. The van der Waals surface area contributed by atoms with E-state index in [0.29, 0.717) is 12.1 Å². The van der Waals surface area contributed by atoms with Gasteiger partial charge in [-0.05, 0) is 19.1 Å². The standard InChI is InChI=1S/C11H11FN2O/c1-7(15)3-10-5-8-4-9(12)6-13-11(8)14(10)2/h4-6H,3H2,1-2H3. The fraction of sp³-hybridized carbons (Fsp3) is 0.273. The Balaban J connectivity index is 2.58. The fourth-order valence-electron chi connectivity index (χ4n) is 1.67. The maximum absolute atomic E-state index is 12.9. The Bertz CT molecular complexity index is 531. The summed E-state index contributed by atoms with van der Waals surface area (Å²) in [6, 6.07) is 3.22. The minimum Gasteiger partial charge on any atom is -0.332 e. The SMILES string of the molecule is CC(=O)Cc1cc2cc(F)cnc2n1C. The predicted octanol–water partition coefficient (Wildman–Crippen LogP) is 1.84. The minimum atomic E-state index is -0.359. The summed E-state index contributed by atoms with van der Waals surface area (Å²) in [6.45, 7) is 1.53. The van der Waals surface area contributed by atoms with Crippen molar-refractivity contribution in [3.63, 3.8) is 0 Å². The third kappa shape index (κ3) is 1.75. The van der Waals surface area contributed by atoms with Gasteiger partial charge in [0.2, 0.25) is 0 Å². The van der Waals surface area contributed by atoms with Gasteiger partial charge in [-0.1, -0.05) is 0 Å². The third-order valence-electron chi connectivity index (χ3n) is 2.36. The van der Waals surface area contributed by atoms with Crippen molar-refractivity contribution in [2.45, 2.75) is 13.3 Å². The quantitative estimate of drug-likeness (QED) is 0.751. The Labute approximate surface area is 86.5 Å². The highest BCUT2D eigenvalue weighted by molar-refractivity contribution is 5.82. The molecule has 78 valence electrons. The number of pyridine rings is 1. The summed E-state index contributed by atoms with van der Waals surface area (Å²) in [4.78, 5) is 15.0. The predicted molar refractivity (Wildman–Crippen MR) is 55.1 cm³/mol. The van der Waals surface area contributed by atoms with Gasteiger partial charge in [0, 0.05) is 24.5 Å². The molecular formula is C11H11FN2O. The van der Waals surface area contributed by atoms with E-state index < -0.39 is 0 Å². The van der Waals surface area contributed by atoms with Crippen LogP contribution >= 0.6 is 0 Å². The molecule has 3 nitrogen and oxygen atoms in total. The summed E-state index contributed by atoms with van der Waals surface area (Å²) in [5.74, 6) is -0.274. The number of hydrogen-bond donors (Lipinski definition) is 0. The van der Waals surface area contributed by atoms with E-state index in [-0.39, 0.29) is 11.6 Å². The second kappa shape index (κ2) is 3.46. The molecule has 0 bridgehead atoms. The zero-order chi connectivity index (χ0) is 11.0. The second-order valence-corrected chi connectivity index (χ2v) is 3.64. The van der Waals surface area contributed by atoms with Crippen LogP contribution in [0.3, 0.4) is 0 Å². The zero-order valence-electron chi connectivity index (χ0n) is 8.62. The number of carbonyl (C=O) groups excluding carboxylic acids is 1. The molecule has 0 N–H and O–H groups in total. The number of halogens is 1. The molecule has 4 heteroatoms. The normalized spacial score (nSPS) is 10.9. The maximum Gasteiger partial charge on any atom is 0.142 e. The highest BCUT2D eigenvalue weighted by Crippen LogP contribution is 2.17. The summed E-state index contributed by atoms with van der Waals surface area (Å²) in [5, 5.41) is 0.730. The van der Waals surface area contributed by atoms with Crippen LogP contribution in [0.2, 0.25) is 0 Å². The van der Waals surface area contributed by atoms with Gasteiger partial charge in [0.05, 0.1) is 6.20 Å². The average Bonchev–Trinajstić information content (AvgIpc) is 2.42. The lowest BCUT2D eigenvalue weighted by molar-refractivity contribution is -0.116. The maximum atomic E-state index is 12.9. The topological polar surface area (TPSA) is 34.9 Å². The van der Waals surface area contributed by atoms with Crippen molar-refractivity contribution in [2.24, 2.45) is 7.05 Å². The Morgan fingerprint density at radius 2 is 2.27 bits per heavy atom. The van der Waals surface area contributed by atoms with Gasteiger partial charge in [-0.25, -0.2) is 9.37 Å². The van der Waals surface area contributed by atoms with Gasteiger partial charge in [0.25, 0.3) is 0 Å². The molecule has 2 aromatic heterocycles. The van der Waals surface area contributed by atoms with E-state index in [2.05, 4.69) is 4.98 Å². The van der Waals surface area contributed by atoms with Crippen molar-refractivity contribution in [3.8, 4) is 0 Å². The van der Waals surface area contributed by atoms with E-state index in [1.165, 1.54) is 19.2 Å². The molecule has 0 amide bonds. The van der Waals surface area contributed by atoms with Gasteiger partial charge in [0.1, 0.15) is 17.2 Å². The number of Topliss-reactive ketones (excluding diaryl/α,β-unsaturated/α-hetero) is 1. The van der Waals surface area contributed by atoms with Crippen LogP contribution < -0.4 is 0 Å². The van der Waals surface area contributed by atoms with Crippen LogP contribution in [-0.4, -0.2) is 15.3 Å².